The lowest BCUT2D eigenvalue weighted by Gasteiger charge is -2.47. The summed E-state index contributed by atoms with van der Waals surface area (Å²) < 4.78 is 39.3. The van der Waals surface area contributed by atoms with Gasteiger partial charge in [-0.15, -0.1) is 0 Å². The van der Waals surface area contributed by atoms with Crippen molar-refractivity contribution in [2.24, 2.45) is 17.1 Å². The molecule has 1 spiro atoms. The fourth-order valence-electron chi connectivity index (χ4n) is 6.55. The molecule has 1 atom stereocenters. The summed E-state index contributed by atoms with van der Waals surface area (Å²) >= 11 is 0. The van der Waals surface area contributed by atoms with Crippen LogP contribution in [0.25, 0.3) is 0 Å². The van der Waals surface area contributed by atoms with Crippen LogP contribution in [0, 0.1) is 21.4 Å². The van der Waals surface area contributed by atoms with Crippen molar-refractivity contribution in [3.63, 3.8) is 0 Å². The number of Topliss-reactive ketones (excluding diaryl/α,β-unsaturated/α-hetero) is 1. The van der Waals surface area contributed by atoms with E-state index in [-0.39, 0.29) is 56.6 Å². The topological polar surface area (TPSA) is 171 Å². The summed E-state index contributed by atoms with van der Waals surface area (Å²) in [6, 6.07) is 6.54. The Hall–Kier alpha value is -3.71. The van der Waals surface area contributed by atoms with Crippen molar-refractivity contribution in [3.05, 3.63) is 46.0 Å². The number of rotatable bonds is 6. The van der Waals surface area contributed by atoms with Crippen molar-refractivity contribution in [2.75, 3.05) is 43.1 Å². The Labute approximate surface area is 237 Å². The van der Waals surface area contributed by atoms with Crippen LogP contribution in [0.5, 0.6) is 5.75 Å². The molecule has 1 amide bonds. The standard InChI is InChI=1S/C28H32N4O8S/c29-27(34)21-2-1-18(31-7-5-28(6-8-31)14-19(33)15-28)11-25(21)41(37,38)20-12-23(32(35)36)26-24(13-20)40-16-22(30-26)17-3-9-39-10-4-17/h1-2,11-13,17,22,30H,3-10,14-16H2,(H2,29,34)/t22-/m0/s1. The molecule has 2 saturated heterocycles. The van der Waals surface area contributed by atoms with Gasteiger partial charge in [0.1, 0.15) is 12.4 Å². The van der Waals surface area contributed by atoms with Gasteiger partial charge >= 0.3 is 0 Å². The number of nitro benzene ring substituents is 1. The van der Waals surface area contributed by atoms with Gasteiger partial charge in [-0.2, -0.15) is 0 Å². The van der Waals surface area contributed by atoms with E-state index in [1.165, 1.54) is 18.2 Å². The summed E-state index contributed by atoms with van der Waals surface area (Å²) in [6.07, 6.45) is 4.39. The van der Waals surface area contributed by atoms with Crippen LogP contribution in [0.2, 0.25) is 0 Å². The van der Waals surface area contributed by atoms with Gasteiger partial charge in [0.25, 0.3) is 5.69 Å². The number of benzene rings is 2. The van der Waals surface area contributed by atoms with E-state index in [1.807, 2.05) is 4.90 Å². The molecule has 4 aliphatic rings. The first-order valence-electron chi connectivity index (χ1n) is 13.8. The molecular weight excluding hydrogens is 552 g/mol. The van der Waals surface area contributed by atoms with Gasteiger partial charge in [0.2, 0.25) is 15.7 Å². The first-order chi connectivity index (χ1) is 19.6. The van der Waals surface area contributed by atoms with Crippen LogP contribution in [0.15, 0.2) is 40.1 Å². The number of anilines is 2. The molecule has 0 bridgehead atoms. The van der Waals surface area contributed by atoms with Gasteiger partial charge in [-0.3, -0.25) is 19.7 Å². The molecule has 41 heavy (non-hydrogen) atoms. The minimum Gasteiger partial charge on any atom is -0.489 e. The number of hydrogen-bond donors (Lipinski definition) is 2. The minimum absolute atomic E-state index is 0.0372. The number of hydrogen-bond acceptors (Lipinski definition) is 10. The molecule has 3 heterocycles. The van der Waals surface area contributed by atoms with Crippen LogP contribution < -0.4 is 20.7 Å². The van der Waals surface area contributed by atoms with E-state index < -0.39 is 26.4 Å². The third-order valence-corrected chi connectivity index (χ3v) is 10.8. The van der Waals surface area contributed by atoms with E-state index in [0.29, 0.717) is 44.8 Å². The Morgan fingerprint density at radius 3 is 2.46 bits per heavy atom. The first-order valence-corrected chi connectivity index (χ1v) is 15.3. The number of fused-ring (bicyclic) bond motifs is 1. The maximum atomic E-state index is 14.0. The second-order valence-corrected chi connectivity index (χ2v) is 13.4. The minimum atomic E-state index is -4.42. The normalized spacial score (nSPS) is 22.3. The summed E-state index contributed by atoms with van der Waals surface area (Å²) in [7, 11) is -4.42. The van der Waals surface area contributed by atoms with Crippen molar-refractivity contribution in [2.45, 2.75) is 54.4 Å². The number of nitrogens with two attached hydrogens (primary N) is 1. The molecular formula is C28H32N4O8S. The molecule has 3 fully saturated rings. The van der Waals surface area contributed by atoms with Crippen molar-refractivity contribution in [1.29, 1.82) is 0 Å². The van der Waals surface area contributed by atoms with E-state index in [2.05, 4.69) is 5.32 Å². The highest BCUT2D eigenvalue weighted by atomic mass is 32.2. The lowest BCUT2D eigenvalue weighted by molar-refractivity contribution is -0.384. The number of piperidine rings is 1. The van der Waals surface area contributed by atoms with E-state index in [0.717, 1.165) is 31.7 Å². The summed E-state index contributed by atoms with van der Waals surface area (Å²) in [5.41, 5.74) is 5.71. The zero-order valence-electron chi connectivity index (χ0n) is 22.5. The zero-order chi connectivity index (χ0) is 28.9. The van der Waals surface area contributed by atoms with Crippen LogP contribution in [-0.4, -0.2) is 64.0 Å². The second kappa shape index (κ2) is 10.3. The van der Waals surface area contributed by atoms with Gasteiger partial charge in [0.15, 0.2) is 11.4 Å². The molecule has 6 rings (SSSR count). The van der Waals surface area contributed by atoms with Crippen LogP contribution >= 0.6 is 0 Å². The van der Waals surface area contributed by atoms with Crippen LogP contribution in [0.4, 0.5) is 17.1 Å². The number of ketones is 1. The predicted molar refractivity (Wildman–Crippen MR) is 148 cm³/mol. The van der Waals surface area contributed by atoms with E-state index in [1.54, 1.807) is 6.07 Å². The van der Waals surface area contributed by atoms with Crippen molar-refractivity contribution in [1.82, 2.24) is 0 Å². The number of carbonyl (C=O) groups is 2. The average Bonchev–Trinajstić information content (AvgIpc) is 2.96. The molecule has 0 unspecified atom stereocenters. The number of primary amides is 1. The fraction of sp³-hybridized carbons (Fsp3) is 0.500. The van der Waals surface area contributed by atoms with Gasteiger partial charge in [0.05, 0.1) is 26.3 Å². The number of nitrogens with zero attached hydrogens (tertiary/aromatic N) is 2. The van der Waals surface area contributed by atoms with Crippen LogP contribution in [-0.2, 0) is 19.4 Å². The molecule has 13 heteroatoms. The molecule has 2 aromatic carbocycles. The molecule has 3 N–H and O–H groups in total. The van der Waals surface area contributed by atoms with E-state index in [9.17, 15) is 28.1 Å². The summed E-state index contributed by atoms with van der Waals surface area (Å²) in [5.74, 6) is -0.384. The van der Waals surface area contributed by atoms with Gasteiger partial charge in [-0.25, -0.2) is 8.42 Å². The number of nitro groups is 1. The van der Waals surface area contributed by atoms with Gasteiger partial charge < -0.3 is 25.4 Å². The van der Waals surface area contributed by atoms with Crippen molar-refractivity contribution in [3.8, 4) is 5.75 Å². The van der Waals surface area contributed by atoms with Crippen LogP contribution in [0.3, 0.4) is 0 Å². The van der Waals surface area contributed by atoms with Gasteiger partial charge in [-0.1, -0.05) is 0 Å². The lowest BCUT2D eigenvalue weighted by Crippen LogP contribution is -2.47. The number of carbonyl (C=O) groups excluding carboxylic acids is 2. The molecule has 0 radical (unpaired) electrons. The molecule has 12 nitrogen and oxygen atoms in total. The van der Waals surface area contributed by atoms with Crippen LogP contribution in [0.1, 0.15) is 48.9 Å². The maximum Gasteiger partial charge on any atom is 0.297 e. The zero-order valence-corrected chi connectivity index (χ0v) is 23.3. The molecule has 1 aliphatic carbocycles. The Kier molecular flexibility index (Phi) is 6.89. The highest BCUT2D eigenvalue weighted by Crippen LogP contribution is 2.48. The SMILES string of the molecule is NC(=O)c1ccc(N2CCC3(CC2)CC(=O)C3)cc1S(=O)(=O)c1cc2c(c([N+](=O)[O-])c1)N[C@H](C1CCOCC1)CO2. The average molecular weight is 585 g/mol. The van der Waals surface area contributed by atoms with E-state index >= 15 is 0 Å². The Bertz CT molecular complexity index is 1520. The monoisotopic (exact) mass is 584 g/mol. The highest BCUT2D eigenvalue weighted by molar-refractivity contribution is 7.91. The van der Waals surface area contributed by atoms with E-state index in [4.69, 9.17) is 15.2 Å². The molecule has 218 valence electrons. The number of amides is 1. The third kappa shape index (κ3) is 5.01. The lowest BCUT2D eigenvalue weighted by atomic mass is 9.62. The predicted octanol–water partition coefficient (Wildman–Crippen LogP) is 3.08. The van der Waals surface area contributed by atoms with Gasteiger partial charge in [-0.05, 0) is 55.2 Å². The summed E-state index contributed by atoms with van der Waals surface area (Å²) in [6.45, 7) is 2.71. The molecule has 3 aliphatic heterocycles. The number of ether oxygens (including phenoxy) is 2. The number of nitrogens with one attached hydrogen (secondary N) is 1. The van der Waals surface area contributed by atoms with Crippen molar-refractivity contribution >= 4 is 38.6 Å². The second-order valence-electron chi connectivity index (χ2n) is 11.5. The Morgan fingerprint density at radius 1 is 1.12 bits per heavy atom. The first kappa shape index (κ1) is 27.5. The largest absolute Gasteiger partial charge is 0.489 e. The third-order valence-electron chi connectivity index (χ3n) is 9.00. The number of sulfone groups is 1. The fourth-order valence-corrected chi connectivity index (χ4v) is 8.07. The molecule has 1 saturated carbocycles. The van der Waals surface area contributed by atoms with Gasteiger partial charge in [0, 0.05) is 57.0 Å². The quantitative estimate of drug-likeness (QED) is 0.380. The molecule has 0 aromatic heterocycles. The Balaban J connectivity index is 1.33. The Morgan fingerprint density at radius 2 is 1.83 bits per heavy atom. The maximum absolute atomic E-state index is 14.0. The van der Waals surface area contributed by atoms with Crippen molar-refractivity contribution < 1.29 is 32.4 Å². The summed E-state index contributed by atoms with van der Waals surface area (Å²) in [4.78, 5) is 36.7. The smallest absolute Gasteiger partial charge is 0.297 e. The highest BCUT2D eigenvalue weighted by Gasteiger charge is 2.45. The molecule has 2 aromatic rings. The summed E-state index contributed by atoms with van der Waals surface area (Å²) in [5, 5.41) is 15.3.